The predicted octanol–water partition coefficient (Wildman–Crippen LogP) is 3.99. The number of nitrogens with one attached hydrogen (secondary N) is 1. The van der Waals surface area contributed by atoms with Gasteiger partial charge in [0.2, 0.25) is 10.0 Å². The van der Waals surface area contributed by atoms with Gasteiger partial charge in [-0.3, -0.25) is 19.0 Å². The van der Waals surface area contributed by atoms with E-state index in [1.165, 1.54) is 50.5 Å². The number of carbonyl (C=O) groups is 2. The highest BCUT2D eigenvalue weighted by Gasteiger charge is 2.41. The molecule has 3 heterocycles. The summed E-state index contributed by atoms with van der Waals surface area (Å²) < 4.78 is 29.4. The topological polar surface area (TPSA) is 132 Å². The van der Waals surface area contributed by atoms with Crippen molar-refractivity contribution < 1.29 is 18.0 Å². The van der Waals surface area contributed by atoms with Crippen molar-refractivity contribution >= 4 is 50.5 Å². The molecule has 2 amide bonds. The lowest BCUT2D eigenvalue weighted by Crippen LogP contribution is -2.32. The second-order valence-electron chi connectivity index (χ2n) is 8.95. The van der Waals surface area contributed by atoms with Crippen LogP contribution < -0.4 is 16.6 Å². The maximum absolute atomic E-state index is 13.3. The Balaban J connectivity index is 1.27. The van der Waals surface area contributed by atoms with Crippen molar-refractivity contribution in [3.05, 3.63) is 111 Å². The Morgan fingerprint density at radius 1 is 1.00 bits per heavy atom. The highest BCUT2D eigenvalue weighted by atomic mass is 35.5. The second kappa shape index (κ2) is 10.8. The van der Waals surface area contributed by atoms with Gasteiger partial charge in [-0.15, -0.1) is 22.9 Å². The summed E-state index contributed by atoms with van der Waals surface area (Å²) in [5, 5.41) is 4.50. The summed E-state index contributed by atoms with van der Waals surface area (Å²) in [7, 11) is -3.93. The van der Waals surface area contributed by atoms with E-state index in [9.17, 15) is 22.8 Å². The van der Waals surface area contributed by atoms with Gasteiger partial charge in [0.05, 0.1) is 15.3 Å². The molecule has 1 fully saturated rings. The first-order chi connectivity index (χ1) is 18.6. The van der Waals surface area contributed by atoms with E-state index in [1.807, 2.05) is 0 Å². The Labute approximate surface area is 233 Å². The molecule has 0 saturated carbocycles. The van der Waals surface area contributed by atoms with E-state index >= 15 is 0 Å². The van der Waals surface area contributed by atoms with Gasteiger partial charge >= 0.3 is 0 Å². The number of nitrogens with zero attached hydrogens (tertiary/aromatic N) is 2. The molecule has 2 atom stereocenters. The molecule has 2 aromatic heterocycles. The van der Waals surface area contributed by atoms with Crippen LogP contribution in [0.4, 0.5) is 5.69 Å². The number of pyridine rings is 1. The molecular weight excluding hydrogens is 560 g/mol. The number of nitrogens with two attached hydrogens (primary N) is 1. The third kappa shape index (κ3) is 5.39. The molecule has 0 radical (unpaired) electrons. The Kier molecular flexibility index (Phi) is 7.41. The van der Waals surface area contributed by atoms with Crippen LogP contribution in [0.5, 0.6) is 0 Å². The summed E-state index contributed by atoms with van der Waals surface area (Å²) in [5.74, 6) is -1.18. The van der Waals surface area contributed by atoms with Gasteiger partial charge in [-0.1, -0.05) is 6.07 Å². The molecule has 1 aliphatic heterocycles. The summed E-state index contributed by atoms with van der Waals surface area (Å²) in [6.07, 6.45) is 1.99. The zero-order chi connectivity index (χ0) is 27.7. The summed E-state index contributed by atoms with van der Waals surface area (Å²) in [6.45, 7) is 0.122. The normalized spacial score (nSPS) is 17.7. The number of benzene rings is 2. The molecule has 4 aromatic rings. The maximum atomic E-state index is 13.3. The average Bonchev–Trinajstić information content (AvgIpc) is 3.57. The van der Waals surface area contributed by atoms with Gasteiger partial charge in [0.1, 0.15) is 0 Å². The molecule has 9 nitrogen and oxygen atoms in total. The molecular formula is C27H23ClN4O5S2. The minimum atomic E-state index is -3.93. The van der Waals surface area contributed by atoms with E-state index in [2.05, 4.69) is 5.32 Å². The number of rotatable bonds is 7. The Bertz CT molecular complexity index is 1700. The first-order valence-electron chi connectivity index (χ1n) is 11.9. The highest BCUT2D eigenvalue weighted by Crippen LogP contribution is 2.39. The van der Waals surface area contributed by atoms with Gasteiger partial charge in [0.25, 0.3) is 17.4 Å². The first kappa shape index (κ1) is 26.8. The van der Waals surface area contributed by atoms with Gasteiger partial charge in [-0.2, -0.15) is 4.31 Å². The van der Waals surface area contributed by atoms with Gasteiger partial charge < -0.3 is 11.1 Å². The number of anilines is 1. The first-order valence-corrected chi connectivity index (χ1v) is 14.6. The standard InChI is InChI=1S/C27H23ClN4O5S2/c28-23-15-18(22-12-14-38-25(22)26(29)34)16-32(23)39(36,37)21-10-6-19(7-11-21)30-27(35)17-4-8-20(9-5-17)31-13-2-1-3-24(31)33/h1-14,18,23H,15-16H2,(H2,29,34)(H,30,35). The number of aromatic nitrogens is 1. The van der Waals surface area contributed by atoms with Gasteiger partial charge in [-0.25, -0.2) is 8.42 Å². The van der Waals surface area contributed by atoms with Crippen molar-refractivity contribution in [1.82, 2.24) is 8.87 Å². The SMILES string of the molecule is NC(=O)c1sccc1C1CC(Cl)N(S(=O)(=O)c2ccc(NC(=O)c3ccc(-n4ccccc4=O)cc3)cc2)C1. The van der Waals surface area contributed by atoms with E-state index in [1.54, 1.807) is 54.0 Å². The lowest BCUT2D eigenvalue weighted by Gasteiger charge is -2.20. The third-order valence-corrected chi connectivity index (χ3v) is 9.86. The van der Waals surface area contributed by atoms with Crippen molar-refractivity contribution in [2.45, 2.75) is 22.7 Å². The monoisotopic (exact) mass is 582 g/mol. The number of sulfonamides is 1. The molecule has 5 rings (SSSR count). The molecule has 0 aliphatic carbocycles. The van der Waals surface area contributed by atoms with Crippen molar-refractivity contribution in [2.75, 3.05) is 11.9 Å². The van der Waals surface area contributed by atoms with Gasteiger partial charge in [-0.05, 0) is 78.0 Å². The lowest BCUT2D eigenvalue weighted by molar-refractivity contribution is 0.1000. The Morgan fingerprint density at radius 3 is 2.38 bits per heavy atom. The Hall–Kier alpha value is -3.77. The van der Waals surface area contributed by atoms with E-state index in [-0.39, 0.29) is 28.8 Å². The Morgan fingerprint density at radius 2 is 1.72 bits per heavy atom. The molecule has 3 N–H and O–H groups in total. The van der Waals surface area contributed by atoms with Crippen molar-refractivity contribution in [2.24, 2.45) is 5.73 Å². The van der Waals surface area contributed by atoms with Gasteiger partial charge in [0, 0.05) is 41.7 Å². The van der Waals surface area contributed by atoms with Crippen molar-refractivity contribution in [3.63, 3.8) is 0 Å². The predicted molar refractivity (Wildman–Crippen MR) is 150 cm³/mol. The van der Waals surface area contributed by atoms with Gasteiger partial charge in [0.15, 0.2) is 0 Å². The van der Waals surface area contributed by atoms with Crippen LogP contribution >= 0.6 is 22.9 Å². The second-order valence-corrected chi connectivity index (χ2v) is 12.3. The number of hydrogen-bond acceptors (Lipinski definition) is 6. The van der Waals surface area contributed by atoms with E-state index in [4.69, 9.17) is 17.3 Å². The van der Waals surface area contributed by atoms with Crippen LogP contribution in [0.25, 0.3) is 5.69 Å². The summed E-state index contributed by atoms with van der Waals surface area (Å²) in [4.78, 5) is 36.9. The number of hydrogen-bond donors (Lipinski definition) is 2. The number of carbonyl (C=O) groups excluding carboxylic acids is 2. The van der Waals surface area contributed by atoms with Crippen LogP contribution in [0, 0.1) is 0 Å². The fourth-order valence-corrected chi connectivity index (χ4v) is 7.50. The zero-order valence-electron chi connectivity index (χ0n) is 20.4. The molecule has 0 bridgehead atoms. The summed E-state index contributed by atoms with van der Waals surface area (Å²) in [6, 6.07) is 19.0. The van der Waals surface area contributed by atoms with Crippen molar-refractivity contribution in [1.29, 1.82) is 0 Å². The van der Waals surface area contributed by atoms with Crippen LogP contribution in [0.3, 0.4) is 0 Å². The zero-order valence-corrected chi connectivity index (χ0v) is 22.7. The molecule has 0 spiro atoms. The van der Waals surface area contributed by atoms with E-state index in [0.717, 1.165) is 0 Å². The molecule has 2 aromatic carbocycles. The highest BCUT2D eigenvalue weighted by molar-refractivity contribution is 7.89. The molecule has 1 saturated heterocycles. The van der Waals surface area contributed by atoms with E-state index < -0.39 is 21.4 Å². The van der Waals surface area contributed by atoms with Crippen LogP contribution in [0.2, 0.25) is 0 Å². The summed E-state index contributed by atoms with van der Waals surface area (Å²) in [5.41, 5.74) is 6.60. The maximum Gasteiger partial charge on any atom is 0.259 e. The number of primary amides is 1. The largest absolute Gasteiger partial charge is 0.365 e. The molecule has 1 aliphatic rings. The lowest BCUT2D eigenvalue weighted by atomic mass is 9.99. The van der Waals surface area contributed by atoms with E-state index in [0.29, 0.717) is 33.8 Å². The van der Waals surface area contributed by atoms with Crippen LogP contribution in [-0.2, 0) is 10.0 Å². The fourth-order valence-electron chi connectivity index (χ4n) is 4.54. The van der Waals surface area contributed by atoms with Crippen LogP contribution in [-0.4, -0.2) is 41.2 Å². The quantitative estimate of drug-likeness (QED) is 0.251. The number of amides is 2. The van der Waals surface area contributed by atoms with Crippen LogP contribution in [0.1, 0.15) is 37.9 Å². The molecule has 39 heavy (non-hydrogen) atoms. The third-order valence-electron chi connectivity index (χ3n) is 6.50. The minimum absolute atomic E-state index is 0.0323. The summed E-state index contributed by atoms with van der Waals surface area (Å²) >= 11 is 7.66. The molecule has 200 valence electrons. The fraction of sp³-hybridized carbons (Fsp3) is 0.148. The average molecular weight is 583 g/mol. The molecule has 12 heteroatoms. The minimum Gasteiger partial charge on any atom is -0.365 e. The number of alkyl halides is 1. The number of halogens is 1. The smallest absolute Gasteiger partial charge is 0.259 e. The molecule has 2 unspecified atom stereocenters. The number of thiophene rings is 1. The van der Waals surface area contributed by atoms with Crippen LogP contribution in [0.15, 0.2) is 94.1 Å². The van der Waals surface area contributed by atoms with Crippen molar-refractivity contribution in [3.8, 4) is 5.69 Å².